The van der Waals surface area contributed by atoms with E-state index in [4.69, 9.17) is 4.74 Å². The largest absolute Gasteiger partial charge is 0.381 e. The Morgan fingerprint density at radius 3 is 2.95 bits per heavy atom. The van der Waals surface area contributed by atoms with Crippen LogP contribution >= 0.6 is 0 Å². The molecular weight excluding hydrogens is 254 g/mol. The normalized spacial score (nSPS) is 16.6. The number of rotatable bonds is 4. The minimum absolute atomic E-state index is 0.0168. The van der Waals surface area contributed by atoms with E-state index in [1.165, 1.54) is 4.68 Å². The van der Waals surface area contributed by atoms with Gasteiger partial charge in [-0.2, -0.15) is 5.10 Å². The highest BCUT2D eigenvalue weighted by Gasteiger charge is 2.12. The predicted molar refractivity (Wildman–Crippen MR) is 77.8 cm³/mol. The lowest BCUT2D eigenvalue weighted by atomic mass is 10.1. The van der Waals surface area contributed by atoms with Gasteiger partial charge in [-0.1, -0.05) is 18.2 Å². The third-order valence-electron chi connectivity index (χ3n) is 3.74. The van der Waals surface area contributed by atoms with Crippen LogP contribution in [0.3, 0.4) is 0 Å². The first-order valence-corrected chi connectivity index (χ1v) is 7.10. The number of aromatic nitrogens is 2. The van der Waals surface area contributed by atoms with Gasteiger partial charge in [0.2, 0.25) is 0 Å². The van der Waals surface area contributed by atoms with Crippen LogP contribution in [0.1, 0.15) is 12.8 Å². The fourth-order valence-electron chi connectivity index (χ4n) is 2.56. The van der Waals surface area contributed by atoms with E-state index in [2.05, 4.69) is 10.4 Å². The monoisotopic (exact) mass is 273 g/mol. The van der Waals surface area contributed by atoms with Gasteiger partial charge in [0.05, 0.1) is 18.1 Å². The standard InChI is InChI=1S/C15H19N3O2/c19-15-14-4-2-1-3-12(14)11-17-18(15)8-7-16-13-5-9-20-10-6-13/h1-4,11,13,16H,5-10H2. The number of fused-ring (bicyclic) bond motifs is 1. The Bertz CT molecular complexity index is 632. The summed E-state index contributed by atoms with van der Waals surface area (Å²) in [7, 11) is 0. The number of ether oxygens (including phenoxy) is 1. The molecule has 5 nitrogen and oxygen atoms in total. The predicted octanol–water partition coefficient (Wildman–Crippen LogP) is 1.17. The van der Waals surface area contributed by atoms with Crippen molar-refractivity contribution in [3.05, 3.63) is 40.8 Å². The molecular formula is C15H19N3O2. The van der Waals surface area contributed by atoms with Crippen molar-refractivity contribution in [1.82, 2.24) is 15.1 Å². The lowest BCUT2D eigenvalue weighted by Crippen LogP contribution is -2.38. The molecule has 1 N–H and O–H groups in total. The molecule has 0 radical (unpaired) electrons. The Hall–Kier alpha value is -1.72. The first-order valence-electron chi connectivity index (χ1n) is 7.10. The number of nitrogens with zero attached hydrogens (tertiary/aromatic N) is 2. The van der Waals surface area contributed by atoms with Gasteiger partial charge >= 0.3 is 0 Å². The maximum atomic E-state index is 12.3. The van der Waals surface area contributed by atoms with Crippen LogP contribution in [0.4, 0.5) is 0 Å². The Balaban J connectivity index is 1.65. The molecule has 1 aliphatic heterocycles. The summed E-state index contributed by atoms with van der Waals surface area (Å²) in [6, 6.07) is 8.06. The molecule has 1 aromatic heterocycles. The highest BCUT2D eigenvalue weighted by atomic mass is 16.5. The fourth-order valence-corrected chi connectivity index (χ4v) is 2.56. The molecule has 5 heteroatoms. The highest BCUT2D eigenvalue weighted by Crippen LogP contribution is 2.07. The number of nitrogens with one attached hydrogen (secondary N) is 1. The smallest absolute Gasteiger partial charge is 0.274 e. The molecule has 0 amide bonds. The van der Waals surface area contributed by atoms with Gasteiger partial charge in [-0.05, 0) is 18.9 Å². The summed E-state index contributed by atoms with van der Waals surface area (Å²) in [6.45, 7) is 3.01. The van der Waals surface area contributed by atoms with E-state index < -0.39 is 0 Å². The Labute approximate surface area is 117 Å². The van der Waals surface area contributed by atoms with Crippen molar-refractivity contribution in [2.24, 2.45) is 0 Å². The summed E-state index contributed by atoms with van der Waals surface area (Å²) >= 11 is 0. The van der Waals surface area contributed by atoms with E-state index >= 15 is 0 Å². The van der Waals surface area contributed by atoms with Crippen molar-refractivity contribution < 1.29 is 4.74 Å². The van der Waals surface area contributed by atoms with Crippen molar-refractivity contribution in [3.63, 3.8) is 0 Å². The third kappa shape index (κ3) is 2.89. The van der Waals surface area contributed by atoms with Crippen LogP contribution in [-0.2, 0) is 11.3 Å². The van der Waals surface area contributed by atoms with Gasteiger partial charge in [0.25, 0.3) is 5.56 Å². The van der Waals surface area contributed by atoms with E-state index in [0.717, 1.165) is 43.4 Å². The van der Waals surface area contributed by atoms with Crippen LogP contribution in [0.15, 0.2) is 35.3 Å². The van der Waals surface area contributed by atoms with Crippen molar-refractivity contribution in [2.45, 2.75) is 25.4 Å². The molecule has 1 aliphatic rings. The van der Waals surface area contributed by atoms with Crippen molar-refractivity contribution >= 4 is 10.8 Å². The van der Waals surface area contributed by atoms with Gasteiger partial charge < -0.3 is 10.1 Å². The highest BCUT2D eigenvalue weighted by molar-refractivity contribution is 5.80. The molecule has 2 aromatic rings. The molecule has 0 saturated carbocycles. The molecule has 2 heterocycles. The average Bonchev–Trinajstić information content (AvgIpc) is 2.51. The second kappa shape index (κ2) is 6.15. The summed E-state index contributed by atoms with van der Waals surface area (Å²) in [5, 5.41) is 9.32. The SMILES string of the molecule is O=c1c2ccccc2cnn1CCNC1CCOCC1. The van der Waals surface area contributed by atoms with Crippen molar-refractivity contribution in [1.29, 1.82) is 0 Å². The van der Waals surface area contributed by atoms with Gasteiger partial charge in [0, 0.05) is 31.2 Å². The number of hydrogen-bond donors (Lipinski definition) is 1. The molecule has 1 fully saturated rings. The lowest BCUT2D eigenvalue weighted by Gasteiger charge is -2.23. The van der Waals surface area contributed by atoms with Gasteiger partial charge in [-0.15, -0.1) is 0 Å². The molecule has 0 bridgehead atoms. The van der Waals surface area contributed by atoms with E-state index in [0.29, 0.717) is 12.6 Å². The molecule has 3 rings (SSSR count). The third-order valence-corrected chi connectivity index (χ3v) is 3.74. The molecule has 106 valence electrons. The minimum Gasteiger partial charge on any atom is -0.381 e. The van der Waals surface area contributed by atoms with Crippen LogP contribution in [0, 0.1) is 0 Å². The molecule has 0 unspecified atom stereocenters. The molecule has 1 saturated heterocycles. The van der Waals surface area contributed by atoms with E-state index in [-0.39, 0.29) is 5.56 Å². The van der Waals surface area contributed by atoms with E-state index in [9.17, 15) is 4.79 Å². The van der Waals surface area contributed by atoms with Gasteiger partial charge in [-0.3, -0.25) is 4.79 Å². The molecule has 1 aromatic carbocycles. The first-order chi connectivity index (χ1) is 9.84. The fraction of sp³-hybridized carbons (Fsp3) is 0.467. The summed E-state index contributed by atoms with van der Waals surface area (Å²) in [5.74, 6) is 0. The molecule has 0 aliphatic carbocycles. The average molecular weight is 273 g/mol. The summed E-state index contributed by atoms with van der Waals surface area (Å²) < 4.78 is 6.86. The minimum atomic E-state index is -0.0168. The lowest BCUT2D eigenvalue weighted by molar-refractivity contribution is 0.0778. The topological polar surface area (TPSA) is 56.2 Å². The Kier molecular flexibility index (Phi) is 4.08. The van der Waals surface area contributed by atoms with Gasteiger partial charge in [0.1, 0.15) is 0 Å². The van der Waals surface area contributed by atoms with Crippen LogP contribution in [-0.4, -0.2) is 35.6 Å². The molecule has 0 atom stereocenters. The van der Waals surface area contributed by atoms with Crippen LogP contribution in [0.5, 0.6) is 0 Å². The zero-order chi connectivity index (χ0) is 13.8. The zero-order valence-corrected chi connectivity index (χ0v) is 11.4. The maximum Gasteiger partial charge on any atom is 0.274 e. The van der Waals surface area contributed by atoms with E-state index in [1.807, 2.05) is 24.3 Å². The second-order valence-electron chi connectivity index (χ2n) is 5.10. The van der Waals surface area contributed by atoms with Crippen LogP contribution in [0.25, 0.3) is 10.8 Å². The zero-order valence-electron chi connectivity index (χ0n) is 11.4. The molecule has 0 spiro atoms. The quantitative estimate of drug-likeness (QED) is 0.908. The van der Waals surface area contributed by atoms with Crippen molar-refractivity contribution in [3.8, 4) is 0 Å². The Morgan fingerprint density at radius 2 is 2.10 bits per heavy atom. The van der Waals surface area contributed by atoms with Crippen LogP contribution in [0.2, 0.25) is 0 Å². The van der Waals surface area contributed by atoms with Crippen molar-refractivity contribution in [2.75, 3.05) is 19.8 Å². The van der Waals surface area contributed by atoms with E-state index in [1.54, 1.807) is 6.20 Å². The second-order valence-corrected chi connectivity index (χ2v) is 5.10. The first kappa shape index (κ1) is 13.3. The van der Waals surface area contributed by atoms with Gasteiger partial charge in [0.15, 0.2) is 0 Å². The Morgan fingerprint density at radius 1 is 1.30 bits per heavy atom. The molecule has 20 heavy (non-hydrogen) atoms. The summed E-state index contributed by atoms with van der Waals surface area (Å²) in [4.78, 5) is 12.3. The van der Waals surface area contributed by atoms with Gasteiger partial charge in [-0.25, -0.2) is 4.68 Å². The summed E-state index contributed by atoms with van der Waals surface area (Å²) in [6.07, 6.45) is 3.84. The summed E-state index contributed by atoms with van der Waals surface area (Å²) in [5.41, 5.74) is -0.0168. The van der Waals surface area contributed by atoms with Crippen LogP contribution < -0.4 is 10.9 Å². The maximum absolute atomic E-state index is 12.3. The number of benzene rings is 1. The number of hydrogen-bond acceptors (Lipinski definition) is 4.